The third kappa shape index (κ3) is 2.01. The lowest BCUT2D eigenvalue weighted by molar-refractivity contribution is 0.0606. The van der Waals surface area contributed by atoms with E-state index in [1.54, 1.807) is 6.07 Å². The molecule has 1 aromatic heterocycles. The van der Waals surface area contributed by atoms with Crippen LogP contribution < -0.4 is 0 Å². The maximum atomic E-state index is 10.9. The highest BCUT2D eigenvalue weighted by molar-refractivity contribution is 7.19. The quantitative estimate of drug-likeness (QED) is 0.522. The lowest BCUT2D eigenvalue weighted by Crippen LogP contribution is -1.96. The van der Waals surface area contributed by atoms with E-state index in [0.29, 0.717) is 4.88 Å². The Kier molecular flexibility index (Phi) is 3.03. The summed E-state index contributed by atoms with van der Waals surface area (Å²) in [5.74, 6) is -0.238. The van der Waals surface area contributed by atoms with Crippen LogP contribution in [0, 0.1) is 0 Å². The predicted octanol–water partition coefficient (Wildman–Crippen LogP) is 1.64. The minimum atomic E-state index is -0.238. The van der Waals surface area contributed by atoms with Crippen molar-refractivity contribution >= 4 is 26.5 Å². The van der Waals surface area contributed by atoms with E-state index in [0.717, 1.165) is 6.16 Å². The van der Waals surface area contributed by atoms with E-state index >= 15 is 0 Å². The smallest absolute Gasteiger partial charge is 0.348 e. The van der Waals surface area contributed by atoms with Crippen molar-refractivity contribution in [2.75, 3.05) is 7.11 Å². The zero-order valence-electron chi connectivity index (χ0n) is 6.29. The molecule has 0 aliphatic carbocycles. The number of carbonyl (C=O) groups is 1. The van der Waals surface area contributed by atoms with Crippen molar-refractivity contribution < 1.29 is 9.53 Å². The van der Waals surface area contributed by atoms with Gasteiger partial charge in [0.05, 0.1) is 13.3 Å². The summed E-state index contributed by atoms with van der Waals surface area (Å²) in [6.45, 7) is 0. The monoisotopic (exact) mass is 189 g/mol. The van der Waals surface area contributed by atoms with Crippen molar-refractivity contribution in [3.05, 3.63) is 21.9 Å². The summed E-state index contributed by atoms with van der Waals surface area (Å²) in [6.07, 6.45) is 1.00. The average molecular weight is 189 g/mol. The number of thiophene rings is 1. The number of esters is 1. The van der Waals surface area contributed by atoms with Crippen LogP contribution in [0.15, 0.2) is 12.1 Å². The van der Waals surface area contributed by atoms with E-state index in [2.05, 4.69) is 4.74 Å². The molecule has 0 aliphatic rings. The van der Waals surface area contributed by atoms with Crippen LogP contribution in [0.4, 0.5) is 0 Å². The number of rotatable bonds is 2. The number of carbonyl (C=O) groups excluding carboxylic acids is 1. The van der Waals surface area contributed by atoms with Gasteiger partial charge in [-0.25, -0.2) is 4.79 Å². The van der Waals surface area contributed by atoms with Crippen molar-refractivity contribution in [1.29, 1.82) is 0 Å². The number of hydrogen-bond acceptors (Lipinski definition) is 3. The summed E-state index contributed by atoms with van der Waals surface area (Å²) in [7, 11) is 3.28. The minimum absolute atomic E-state index is 0.238. The van der Waals surface area contributed by atoms with Gasteiger partial charge < -0.3 is 4.74 Å². The Morgan fingerprint density at radius 3 is 2.91 bits per heavy atom. The molecule has 0 bridgehead atoms. The zero-order chi connectivity index (χ0) is 8.27. The Labute approximate surface area is 71.8 Å². The molecule has 0 saturated heterocycles. The van der Waals surface area contributed by atoms with Gasteiger partial charge in [0, 0.05) is 4.88 Å². The van der Waals surface area contributed by atoms with E-state index < -0.39 is 0 Å². The molecule has 0 N–H and O–H groups in total. The molecule has 11 heavy (non-hydrogen) atoms. The summed E-state index contributed by atoms with van der Waals surface area (Å²) in [5, 5.41) is 0. The van der Waals surface area contributed by atoms with Crippen molar-refractivity contribution in [2.24, 2.45) is 0 Å². The van der Waals surface area contributed by atoms with Crippen LogP contribution in [-0.4, -0.2) is 13.1 Å². The van der Waals surface area contributed by atoms with E-state index in [4.69, 9.17) is 0 Å². The zero-order valence-corrected chi connectivity index (χ0v) is 8.52. The lowest BCUT2D eigenvalue weighted by Gasteiger charge is -1.91. The van der Waals surface area contributed by atoms with E-state index in [9.17, 15) is 4.79 Å². The molecule has 1 atom stereocenters. The van der Waals surface area contributed by atoms with Gasteiger partial charge in [0.2, 0.25) is 0 Å². The molecule has 0 spiro atoms. The van der Waals surface area contributed by atoms with Gasteiger partial charge in [0.25, 0.3) is 0 Å². The highest BCUT2D eigenvalue weighted by atomic mass is 32.1. The molecule has 1 heterocycles. The molecule has 4 heteroatoms. The Morgan fingerprint density at radius 1 is 1.73 bits per heavy atom. The second kappa shape index (κ2) is 3.84. The number of methoxy groups -OCH3 is 1. The van der Waals surface area contributed by atoms with Crippen LogP contribution in [-0.2, 0) is 10.9 Å². The number of ether oxygens (including phenoxy) is 1. The van der Waals surface area contributed by atoms with Gasteiger partial charge in [-0.2, -0.15) is 0 Å². The van der Waals surface area contributed by atoms with Crippen LogP contribution in [0.25, 0.3) is 0 Å². The number of hydrogen-bond donors (Lipinski definition) is 0. The van der Waals surface area contributed by atoms with Crippen molar-refractivity contribution in [1.82, 2.24) is 0 Å². The standard InChI is InChI=1S/C7H9O2PS/c1-9-7(8)6-3-2-5(4-10)11-6/h2-3H,4,10H2,1H3/p+1. The molecule has 0 saturated carbocycles. The van der Waals surface area contributed by atoms with E-state index in [1.807, 2.05) is 15.3 Å². The Hall–Kier alpha value is -0.400. The van der Waals surface area contributed by atoms with Crippen molar-refractivity contribution in [3.8, 4) is 0 Å². The molecule has 0 radical (unpaired) electrons. The van der Waals surface area contributed by atoms with Gasteiger partial charge in [-0.1, -0.05) is 0 Å². The third-order valence-corrected chi connectivity index (χ3v) is 3.32. The Bertz CT molecular complexity index is 257. The summed E-state index contributed by atoms with van der Waals surface area (Å²) in [6, 6.07) is 3.77. The van der Waals surface area contributed by atoms with Crippen LogP contribution in [0.5, 0.6) is 0 Å². The lowest BCUT2D eigenvalue weighted by atomic mass is 10.4. The molecule has 0 fully saturated rings. The summed E-state index contributed by atoms with van der Waals surface area (Å²) >= 11 is 1.50. The molecule has 0 aromatic carbocycles. The molecular weight excluding hydrogens is 179 g/mol. The molecule has 2 nitrogen and oxygen atoms in total. The maximum Gasteiger partial charge on any atom is 0.348 e. The first-order valence-electron chi connectivity index (χ1n) is 3.24. The van der Waals surface area contributed by atoms with Crippen LogP contribution in [0.1, 0.15) is 14.5 Å². The van der Waals surface area contributed by atoms with Crippen molar-refractivity contribution in [2.45, 2.75) is 6.16 Å². The largest absolute Gasteiger partial charge is 0.465 e. The van der Waals surface area contributed by atoms with Crippen LogP contribution in [0.3, 0.4) is 0 Å². The Balaban J connectivity index is 2.80. The summed E-state index contributed by atoms with van der Waals surface area (Å²) in [4.78, 5) is 12.8. The highest BCUT2D eigenvalue weighted by Gasteiger charge is 2.07. The molecule has 1 unspecified atom stereocenters. The highest BCUT2D eigenvalue weighted by Crippen LogP contribution is 2.19. The summed E-state index contributed by atoms with van der Waals surface area (Å²) in [5.41, 5.74) is 0. The first-order chi connectivity index (χ1) is 5.27. The van der Waals surface area contributed by atoms with Gasteiger partial charge in [-0.3, -0.25) is 0 Å². The SMILES string of the molecule is COC(=O)c1ccc(C[PH3+])s1. The van der Waals surface area contributed by atoms with Gasteiger partial charge >= 0.3 is 5.97 Å². The topological polar surface area (TPSA) is 26.3 Å². The molecule has 1 rings (SSSR count). The molecule has 1 aromatic rings. The molecule has 0 amide bonds. The first-order valence-corrected chi connectivity index (χ1v) is 5.06. The van der Waals surface area contributed by atoms with Crippen LogP contribution >= 0.6 is 20.6 Å². The average Bonchev–Trinajstić information content (AvgIpc) is 2.50. The normalized spacial score (nSPS) is 9.91. The first kappa shape index (κ1) is 8.69. The van der Waals surface area contributed by atoms with Crippen molar-refractivity contribution in [3.63, 3.8) is 0 Å². The van der Waals surface area contributed by atoms with E-state index in [1.165, 1.54) is 23.3 Å². The molecular formula is C7H10O2PS+. The second-order valence-corrected chi connectivity index (χ2v) is 3.68. The molecule has 60 valence electrons. The van der Waals surface area contributed by atoms with Crippen LogP contribution in [0.2, 0.25) is 0 Å². The predicted molar refractivity (Wildman–Crippen MR) is 50.5 cm³/mol. The fourth-order valence-electron chi connectivity index (χ4n) is 0.723. The van der Waals surface area contributed by atoms with Gasteiger partial charge in [-0.05, 0) is 21.4 Å². The third-order valence-electron chi connectivity index (χ3n) is 1.29. The minimum Gasteiger partial charge on any atom is -0.465 e. The fraction of sp³-hybridized carbons (Fsp3) is 0.286. The van der Waals surface area contributed by atoms with Gasteiger partial charge in [-0.15, -0.1) is 11.3 Å². The second-order valence-electron chi connectivity index (χ2n) is 2.01. The fourth-order valence-corrected chi connectivity index (χ4v) is 2.02. The van der Waals surface area contributed by atoms with Gasteiger partial charge in [0.15, 0.2) is 0 Å². The Morgan fingerprint density at radius 2 is 2.45 bits per heavy atom. The van der Waals surface area contributed by atoms with Gasteiger partial charge in [0.1, 0.15) is 4.88 Å². The maximum absolute atomic E-state index is 10.9. The van der Waals surface area contributed by atoms with E-state index in [-0.39, 0.29) is 5.97 Å². The molecule has 0 aliphatic heterocycles. The summed E-state index contributed by atoms with van der Waals surface area (Å²) < 4.78 is 4.57.